The van der Waals surface area contributed by atoms with Gasteiger partial charge in [-0.1, -0.05) is 55.4 Å². The SMILES string of the molecule is CCNC(=O)/C=C(/C)C=CC=C(C)C=CC1=C(C)CCCC1(C)C. The molecule has 0 aromatic heterocycles. The zero-order valence-corrected chi connectivity index (χ0v) is 16.2. The van der Waals surface area contributed by atoms with E-state index in [1.54, 1.807) is 6.08 Å². The molecule has 2 nitrogen and oxygen atoms in total. The Labute approximate surface area is 148 Å². The zero-order chi connectivity index (χ0) is 18.2. The maximum absolute atomic E-state index is 11.5. The van der Waals surface area contributed by atoms with Crippen molar-refractivity contribution in [3.63, 3.8) is 0 Å². The van der Waals surface area contributed by atoms with Crippen molar-refractivity contribution in [1.29, 1.82) is 0 Å². The molecule has 2 heteroatoms. The van der Waals surface area contributed by atoms with Gasteiger partial charge in [0.1, 0.15) is 0 Å². The summed E-state index contributed by atoms with van der Waals surface area (Å²) in [6.07, 6.45) is 15.9. The Morgan fingerprint density at radius 2 is 1.92 bits per heavy atom. The quantitative estimate of drug-likeness (QED) is 0.495. The van der Waals surface area contributed by atoms with Gasteiger partial charge in [0.05, 0.1) is 0 Å². The molecule has 0 spiro atoms. The van der Waals surface area contributed by atoms with Crippen LogP contribution in [0.1, 0.15) is 60.8 Å². The topological polar surface area (TPSA) is 29.1 Å². The van der Waals surface area contributed by atoms with E-state index in [-0.39, 0.29) is 11.3 Å². The molecule has 1 amide bonds. The number of carbonyl (C=O) groups excluding carboxylic acids is 1. The fraction of sp³-hybridized carbons (Fsp3) is 0.500. The minimum Gasteiger partial charge on any atom is -0.353 e. The van der Waals surface area contributed by atoms with Gasteiger partial charge in [0.2, 0.25) is 5.91 Å². The Balaban J connectivity index is 2.73. The normalized spacial score (nSPS) is 19.4. The number of amides is 1. The summed E-state index contributed by atoms with van der Waals surface area (Å²) in [7, 11) is 0. The van der Waals surface area contributed by atoms with Crippen LogP contribution in [0.4, 0.5) is 0 Å². The third-order valence-corrected chi connectivity index (χ3v) is 4.48. The van der Waals surface area contributed by atoms with E-state index >= 15 is 0 Å². The van der Waals surface area contributed by atoms with Gasteiger partial charge in [-0.2, -0.15) is 0 Å². The average Bonchev–Trinajstić information content (AvgIpc) is 2.46. The predicted octanol–water partition coefficient (Wildman–Crippen LogP) is 5.65. The highest BCUT2D eigenvalue weighted by Crippen LogP contribution is 2.40. The van der Waals surface area contributed by atoms with Crippen molar-refractivity contribution in [3.05, 3.63) is 58.7 Å². The van der Waals surface area contributed by atoms with E-state index in [9.17, 15) is 4.79 Å². The molecule has 1 aliphatic rings. The van der Waals surface area contributed by atoms with E-state index in [1.807, 2.05) is 26.0 Å². The summed E-state index contributed by atoms with van der Waals surface area (Å²) >= 11 is 0. The molecule has 132 valence electrons. The maximum atomic E-state index is 11.5. The summed E-state index contributed by atoms with van der Waals surface area (Å²) in [4.78, 5) is 11.5. The van der Waals surface area contributed by atoms with E-state index in [0.29, 0.717) is 6.54 Å². The van der Waals surface area contributed by atoms with Crippen LogP contribution in [-0.4, -0.2) is 12.5 Å². The standard InChI is InChI=1S/C22H33NO/c1-7-23-21(24)16-18(3)11-8-10-17(2)13-14-20-19(4)12-9-15-22(20,5)6/h8,10-11,13-14,16H,7,9,12,15H2,1-6H3,(H,23,24)/b11-8?,14-13?,17-10?,18-16-. The number of nitrogens with one attached hydrogen (secondary N) is 1. The summed E-state index contributed by atoms with van der Waals surface area (Å²) < 4.78 is 0. The van der Waals surface area contributed by atoms with Gasteiger partial charge >= 0.3 is 0 Å². The number of carbonyl (C=O) groups is 1. The largest absolute Gasteiger partial charge is 0.353 e. The summed E-state index contributed by atoms with van der Waals surface area (Å²) in [5.74, 6) is -0.0396. The lowest BCUT2D eigenvalue weighted by atomic mass is 9.72. The smallest absolute Gasteiger partial charge is 0.244 e. The van der Waals surface area contributed by atoms with Crippen LogP contribution in [0.3, 0.4) is 0 Å². The van der Waals surface area contributed by atoms with Gasteiger partial charge in [-0.25, -0.2) is 0 Å². The molecule has 1 rings (SSSR count). The van der Waals surface area contributed by atoms with Gasteiger partial charge in [-0.3, -0.25) is 4.79 Å². The Hall–Kier alpha value is -1.83. The molecule has 1 N–H and O–H groups in total. The first kappa shape index (κ1) is 20.2. The molecule has 0 saturated carbocycles. The third kappa shape index (κ3) is 6.74. The molecule has 0 bridgehead atoms. The highest BCUT2D eigenvalue weighted by atomic mass is 16.1. The lowest BCUT2D eigenvalue weighted by molar-refractivity contribution is -0.116. The molecular weight excluding hydrogens is 294 g/mol. The predicted molar refractivity (Wildman–Crippen MR) is 105 cm³/mol. The van der Waals surface area contributed by atoms with E-state index < -0.39 is 0 Å². The van der Waals surface area contributed by atoms with Crippen LogP contribution in [0, 0.1) is 5.41 Å². The second kappa shape index (κ2) is 9.46. The van der Waals surface area contributed by atoms with Crippen LogP contribution in [0.5, 0.6) is 0 Å². The van der Waals surface area contributed by atoms with Crippen molar-refractivity contribution < 1.29 is 4.79 Å². The van der Waals surface area contributed by atoms with Gasteiger partial charge in [0.15, 0.2) is 0 Å². The summed E-state index contributed by atoms with van der Waals surface area (Å²) in [6, 6.07) is 0. The van der Waals surface area contributed by atoms with Crippen LogP contribution in [0.15, 0.2) is 58.7 Å². The first-order valence-electron chi connectivity index (χ1n) is 8.95. The molecule has 1 aliphatic carbocycles. The van der Waals surface area contributed by atoms with Gasteiger partial charge in [-0.05, 0) is 63.5 Å². The molecule has 0 saturated heterocycles. The lowest BCUT2D eigenvalue weighted by Gasteiger charge is -2.32. The zero-order valence-electron chi connectivity index (χ0n) is 16.2. The third-order valence-electron chi connectivity index (χ3n) is 4.48. The highest BCUT2D eigenvalue weighted by molar-refractivity contribution is 5.88. The number of allylic oxidation sites excluding steroid dienone is 9. The van der Waals surface area contributed by atoms with Crippen molar-refractivity contribution >= 4 is 5.91 Å². The van der Waals surface area contributed by atoms with Crippen LogP contribution in [0.2, 0.25) is 0 Å². The maximum Gasteiger partial charge on any atom is 0.244 e. The number of likely N-dealkylation sites (N-methyl/N-ethyl adjacent to an activating group) is 1. The molecule has 0 fully saturated rings. The molecule has 0 heterocycles. The Morgan fingerprint density at radius 1 is 1.21 bits per heavy atom. The van der Waals surface area contributed by atoms with E-state index in [1.165, 1.54) is 36.0 Å². The van der Waals surface area contributed by atoms with Crippen molar-refractivity contribution in [2.75, 3.05) is 6.54 Å². The molecule has 0 radical (unpaired) electrons. The molecule has 0 unspecified atom stereocenters. The van der Waals surface area contributed by atoms with Gasteiger partial charge in [-0.15, -0.1) is 0 Å². The highest BCUT2D eigenvalue weighted by Gasteiger charge is 2.26. The summed E-state index contributed by atoms with van der Waals surface area (Å²) in [6.45, 7) is 13.5. The van der Waals surface area contributed by atoms with Crippen LogP contribution >= 0.6 is 0 Å². The van der Waals surface area contributed by atoms with Gasteiger partial charge < -0.3 is 5.32 Å². The fourth-order valence-electron chi connectivity index (χ4n) is 3.11. The molecular formula is C22H33NO. The average molecular weight is 328 g/mol. The molecule has 0 aliphatic heterocycles. The Morgan fingerprint density at radius 3 is 2.54 bits per heavy atom. The second-order valence-corrected chi connectivity index (χ2v) is 7.32. The van der Waals surface area contributed by atoms with E-state index in [4.69, 9.17) is 0 Å². The van der Waals surface area contributed by atoms with Crippen molar-refractivity contribution in [2.24, 2.45) is 5.41 Å². The van der Waals surface area contributed by atoms with E-state index in [2.05, 4.69) is 51.2 Å². The minimum atomic E-state index is -0.0396. The number of hydrogen-bond donors (Lipinski definition) is 1. The van der Waals surface area contributed by atoms with Crippen molar-refractivity contribution in [1.82, 2.24) is 5.32 Å². The van der Waals surface area contributed by atoms with Crippen LogP contribution in [0.25, 0.3) is 0 Å². The van der Waals surface area contributed by atoms with Gasteiger partial charge in [0, 0.05) is 12.6 Å². The lowest BCUT2D eigenvalue weighted by Crippen LogP contribution is -2.20. The van der Waals surface area contributed by atoms with Crippen molar-refractivity contribution in [3.8, 4) is 0 Å². The first-order chi connectivity index (χ1) is 11.3. The molecule has 0 aromatic carbocycles. The molecule has 0 aromatic rings. The Bertz CT molecular complexity index is 597. The summed E-state index contributed by atoms with van der Waals surface area (Å²) in [5.41, 5.74) is 5.44. The van der Waals surface area contributed by atoms with E-state index in [0.717, 1.165) is 5.57 Å². The Kier molecular flexibility index (Phi) is 7.97. The van der Waals surface area contributed by atoms with Crippen LogP contribution < -0.4 is 5.32 Å². The minimum absolute atomic E-state index is 0.0396. The molecule has 24 heavy (non-hydrogen) atoms. The summed E-state index contributed by atoms with van der Waals surface area (Å²) in [5, 5.41) is 2.76. The number of hydrogen-bond acceptors (Lipinski definition) is 1. The molecule has 0 atom stereocenters. The van der Waals surface area contributed by atoms with Crippen molar-refractivity contribution in [2.45, 2.75) is 60.8 Å². The van der Waals surface area contributed by atoms with Gasteiger partial charge in [0.25, 0.3) is 0 Å². The fourth-order valence-corrected chi connectivity index (χ4v) is 3.11. The first-order valence-corrected chi connectivity index (χ1v) is 8.95. The van der Waals surface area contributed by atoms with Crippen LogP contribution in [-0.2, 0) is 4.79 Å². The second-order valence-electron chi connectivity index (χ2n) is 7.32. The monoisotopic (exact) mass is 327 g/mol. The number of rotatable bonds is 6.